The predicted molar refractivity (Wildman–Crippen MR) is 105 cm³/mol. The van der Waals surface area contributed by atoms with Crippen LogP contribution in [0.4, 0.5) is 5.69 Å². The molecule has 0 radical (unpaired) electrons. The van der Waals surface area contributed by atoms with Crippen molar-refractivity contribution < 1.29 is 13.9 Å². The number of furan rings is 1. The summed E-state index contributed by atoms with van der Waals surface area (Å²) in [6, 6.07) is 11.9. The summed E-state index contributed by atoms with van der Waals surface area (Å²) in [5.41, 5.74) is 2.33. The number of rotatable bonds is 6. The van der Waals surface area contributed by atoms with Gasteiger partial charge in [0, 0.05) is 39.4 Å². The molecule has 26 heavy (non-hydrogen) atoms. The van der Waals surface area contributed by atoms with Gasteiger partial charge < -0.3 is 19.4 Å². The minimum absolute atomic E-state index is 0.0949. The Hall–Kier alpha value is -1.83. The van der Waals surface area contributed by atoms with E-state index in [4.69, 9.17) is 9.15 Å². The Morgan fingerprint density at radius 2 is 1.88 bits per heavy atom. The largest absolute Gasteiger partial charge is 0.444 e. The maximum atomic E-state index is 12.3. The normalized spacial score (nSPS) is 16.3. The average molecular weight is 422 g/mol. The van der Waals surface area contributed by atoms with Crippen LogP contribution >= 0.6 is 15.9 Å². The topological polar surface area (TPSA) is 58.0 Å². The number of anilines is 1. The van der Waals surface area contributed by atoms with Crippen molar-refractivity contribution in [2.75, 3.05) is 51.8 Å². The Morgan fingerprint density at radius 3 is 2.46 bits per heavy atom. The van der Waals surface area contributed by atoms with E-state index < -0.39 is 0 Å². The van der Waals surface area contributed by atoms with Crippen molar-refractivity contribution in [3.63, 3.8) is 0 Å². The molecule has 1 N–H and O–H groups in total. The third-order valence-electron chi connectivity index (χ3n) is 4.53. The molecule has 1 amide bonds. The lowest BCUT2D eigenvalue weighted by molar-refractivity contribution is 0.0161. The molecular weight excluding hydrogens is 398 g/mol. The van der Waals surface area contributed by atoms with E-state index in [0.29, 0.717) is 30.2 Å². The summed E-state index contributed by atoms with van der Waals surface area (Å²) in [6.45, 7) is 3.64. The van der Waals surface area contributed by atoms with Gasteiger partial charge in [0.15, 0.2) is 10.4 Å². The van der Waals surface area contributed by atoms with Gasteiger partial charge in [-0.15, -0.1) is 0 Å². The number of carbonyl (C=O) groups excluding carboxylic acids is 1. The van der Waals surface area contributed by atoms with Gasteiger partial charge in [0.2, 0.25) is 0 Å². The van der Waals surface area contributed by atoms with Crippen LogP contribution in [0.1, 0.15) is 22.2 Å². The lowest BCUT2D eigenvalue weighted by Gasteiger charge is -2.35. The number of morpholine rings is 1. The van der Waals surface area contributed by atoms with Gasteiger partial charge in [-0.25, -0.2) is 0 Å². The van der Waals surface area contributed by atoms with Gasteiger partial charge in [0.25, 0.3) is 5.91 Å². The molecule has 0 spiro atoms. The van der Waals surface area contributed by atoms with Crippen molar-refractivity contribution in [1.29, 1.82) is 0 Å². The zero-order valence-corrected chi connectivity index (χ0v) is 16.7. The zero-order chi connectivity index (χ0) is 18.5. The Labute approximate surface area is 162 Å². The van der Waals surface area contributed by atoms with E-state index in [1.54, 1.807) is 12.1 Å². The molecule has 1 unspecified atom stereocenters. The molecule has 140 valence electrons. The fourth-order valence-electron chi connectivity index (χ4n) is 3.05. The minimum atomic E-state index is -0.209. The van der Waals surface area contributed by atoms with E-state index in [-0.39, 0.29) is 11.9 Å². The van der Waals surface area contributed by atoms with E-state index in [9.17, 15) is 4.79 Å². The second-order valence-corrected chi connectivity index (χ2v) is 7.25. The van der Waals surface area contributed by atoms with Crippen LogP contribution in [-0.4, -0.2) is 57.8 Å². The number of hydrogen-bond donors (Lipinski definition) is 1. The molecule has 1 aromatic heterocycles. The molecule has 1 fully saturated rings. The van der Waals surface area contributed by atoms with Gasteiger partial charge in [0.1, 0.15) is 0 Å². The lowest BCUT2D eigenvalue weighted by Crippen LogP contribution is -2.43. The third kappa shape index (κ3) is 4.66. The van der Waals surface area contributed by atoms with Crippen molar-refractivity contribution in [2.24, 2.45) is 0 Å². The molecule has 3 rings (SSSR count). The van der Waals surface area contributed by atoms with E-state index in [1.807, 2.05) is 14.1 Å². The molecule has 1 aliphatic heterocycles. The van der Waals surface area contributed by atoms with Crippen molar-refractivity contribution in [3.8, 4) is 0 Å². The molecule has 1 atom stereocenters. The van der Waals surface area contributed by atoms with Gasteiger partial charge >= 0.3 is 0 Å². The summed E-state index contributed by atoms with van der Waals surface area (Å²) in [6.07, 6.45) is 0. The summed E-state index contributed by atoms with van der Waals surface area (Å²) in [5, 5.41) is 3.00. The molecule has 0 aliphatic carbocycles. The second-order valence-electron chi connectivity index (χ2n) is 6.46. The molecule has 0 saturated carbocycles. The van der Waals surface area contributed by atoms with Gasteiger partial charge in [0.05, 0.1) is 19.3 Å². The number of ether oxygens (including phenoxy) is 1. The Balaban J connectivity index is 1.73. The first-order valence-electron chi connectivity index (χ1n) is 8.67. The van der Waals surface area contributed by atoms with Crippen LogP contribution in [0.15, 0.2) is 45.5 Å². The lowest BCUT2D eigenvalue weighted by atomic mass is 10.0. The van der Waals surface area contributed by atoms with Crippen molar-refractivity contribution in [3.05, 3.63) is 52.4 Å². The van der Waals surface area contributed by atoms with E-state index in [2.05, 4.69) is 55.3 Å². The number of halogens is 1. The number of benzene rings is 1. The smallest absolute Gasteiger partial charge is 0.287 e. The third-order valence-corrected chi connectivity index (χ3v) is 4.96. The first kappa shape index (κ1) is 18.9. The molecular formula is C19H24BrN3O3. The summed E-state index contributed by atoms with van der Waals surface area (Å²) >= 11 is 3.23. The van der Waals surface area contributed by atoms with Crippen LogP contribution in [0.3, 0.4) is 0 Å². The monoisotopic (exact) mass is 421 g/mol. The maximum Gasteiger partial charge on any atom is 0.287 e. The standard InChI is InChI=1S/C19H24BrN3O3/c1-22(2)15-5-3-14(4-6-15)16(23-9-11-25-12-10-23)13-21-19(24)17-7-8-18(20)26-17/h3-8,16H,9-13H2,1-2H3,(H,21,24). The van der Waals surface area contributed by atoms with Gasteiger partial charge in [-0.1, -0.05) is 12.1 Å². The SMILES string of the molecule is CN(C)c1ccc(C(CNC(=O)c2ccc(Br)o2)N2CCOCC2)cc1. The van der Waals surface area contributed by atoms with Crippen molar-refractivity contribution in [1.82, 2.24) is 10.2 Å². The quantitative estimate of drug-likeness (QED) is 0.776. The molecule has 7 heteroatoms. The van der Waals surface area contributed by atoms with Crippen LogP contribution in [0.25, 0.3) is 0 Å². The fourth-order valence-corrected chi connectivity index (χ4v) is 3.36. The predicted octanol–water partition coefficient (Wildman–Crippen LogP) is 2.91. The summed E-state index contributed by atoms with van der Waals surface area (Å²) in [5.74, 6) is 0.0967. The molecule has 0 bridgehead atoms. The van der Waals surface area contributed by atoms with Crippen LogP contribution in [0.2, 0.25) is 0 Å². The minimum Gasteiger partial charge on any atom is -0.444 e. The average Bonchev–Trinajstić information content (AvgIpc) is 3.09. The zero-order valence-electron chi connectivity index (χ0n) is 15.1. The van der Waals surface area contributed by atoms with E-state index in [0.717, 1.165) is 18.8 Å². The summed E-state index contributed by atoms with van der Waals surface area (Å²) in [7, 11) is 4.05. The number of nitrogens with one attached hydrogen (secondary N) is 1. The molecule has 1 aromatic carbocycles. The Kier molecular flexibility index (Phi) is 6.34. The van der Waals surface area contributed by atoms with Crippen LogP contribution < -0.4 is 10.2 Å². The molecule has 2 heterocycles. The van der Waals surface area contributed by atoms with Gasteiger partial charge in [-0.3, -0.25) is 9.69 Å². The number of nitrogens with zero attached hydrogens (tertiary/aromatic N) is 2. The molecule has 6 nitrogen and oxygen atoms in total. The summed E-state index contributed by atoms with van der Waals surface area (Å²) in [4.78, 5) is 16.8. The Morgan fingerprint density at radius 1 is 1.19 bits per heavy atom. The van der Waals surface area contributed by atoms with E-state index in [1.165, 1.54) is 5.56 Å². The van der Waals surface area contributed by atoms with Crippen molar-refractivity contribution >= 4 is 27.5 Å². The first-order valence-corrected chi connectivity index (χ1v) is 9.46. The highest BCUT2D eigenvalue weighted by Gasteiger charge is 2.24. The van der Waals surface area contributed by atoms with Crippen LogP contribution in [0, 0.1) is 0 Å². The number of carbonyl (C=O) groups is 1. The molecule has 1 aliphatic rings. The molecule has 2 aromatic rings. The maximum absolute atomic E-state index is 12.3. The molecule has 1 saturated heterocycles. The fraction of sp³-hybridized carbons (Fsp3) is 0.421. The van der Waals surface area contributed by atoms with Crippen LogP contribution in [0.5, 0.6) is 0 Å². The highest BCUT2D eigenvalue weighted by atomic mass is 79.9. The number of amides is 1. The van der Waals surface area contributed by atoms with Gasteiger partial charge in [-0.2, -0.15) is 0 Å². The van der Waals surface area contributed by atoms with Crippen molar-refractivity contribution in [2.45, 2.75) is 6.04 Å². The van der Waals surface area contributed by atoms with E-state index >= 15 is 0 Å². The highest BCUT2D eigenvalue weighted by molar-refractivity contribution is 9.10. The Bertz CT molecular complexity index is 724. The second kappa shape index (κ2) is 8.70. The highest BCUT2D eigenvalue weighted by Crippen LogP contribution is 2.24. The summed E-state index contributed by atoms with van der Waals surface area (Å²) < 4.78 is 11.4. The van der Waals surface area contributed by atoms with Crippen LogP contribution in [-0.2, 0) is 4.74 Å². The first-order chi connectivity index (χ1) is 12.5. The van der Waals surface area contributed by atoms with Gasteiger partial charge in [-0.05, 0) is 45.8 Å². The number of hydrogen-bond acceptors (Lipinski definition) is 5.